The van der Waals surface area contributed by atoms with Crippen LogP contribution in [0.25, 0.3) is 15.9 Å². The van der Waals surface area contributed by atoms with Crippen molar-refractivity contribution in [1.82, 2.24) is 14.8 Å². The van der Waals surface area contributed by atoms with Crippen molar-refractivity contribution >= 4 is 44.2 Å². The average molecular weight is 401 g/mol. The lowest BCUT2D eigenvalue weighted by Crippen LogP contribution is -2.25. The Morgan fingerprint density at radius 1 is 1.15 bits per heavy atom. The molecule has 6 nitrogen and oxygen atoms in total. The molecular weight excluding hydrogens is 391 g/mol. The number of anilines is 1. The van der Waals surface area contributed by atoms with Crippen LogP contribution in [0.1, 0.15) is 10.5 Å². The van der Waals surface area contributed by atoms with Crippen LogP contribution >= 0.6 is 22.9 Å². The summed E-state index contributed by atoms with van der Waals surface area (Å²) in [5.74, 6) is -1.08. The van der Waals surface area contributed by atoms with E-state index in [1.54, 1.807) is 24.3 Å². The lowest BCUT2D eigenvalue weighted by Gasteiger charge is -2.07. The summed E-state index contributed by atoms with van der Waals surface area (Å²) < 4.78 is 15.3. The highest BCUT2D eigenvalue weighted by atomic mass is 35.5. The number of rotatable bonds is 3. The number of carbonyl (C=O) groups excluding carboxylic acids is 1. The fourth-order valence-electron chi connectivity index (χ4n) is 2.41. The largest absolute Gasteiger partial charge is 0.296 e. The lowest BCUT2D eigenvalue weighted by atomic mass is 10.3. The first-order valence-corrected chi connectivity index (χ1v) is 8.92. The first-order chi connectivity index (χ1) is 13.0. The van der Waals surface area contributed by atoms with Crippen LogP contribution in [-0.4, -0.2) is 20.7 Å². The first kappa shape index (κ1) is 17.3. The molecule has 4 aromatic rings. The van der Waals surface area contributed by atoms with E-state index in [4.69, 9.17) is 11.6 Å². The molecule has 4 rings (SSSR count). The summed E-state index contributed by atoms with van der Waals surface area (Å²) in [6, 6.07) is 12.2. The summed E-state index contributed by atoms with van der Waals surface area (Å²) in [6.07, 6.45) is 1.46. The minimum atomic E-state index is -0.692. The Kier molecular flexibility index (Phi) is 4.43. The van der Waals surface area contributed by atoms with Gasteiger partial charge in [-0.05, 0) is 42.5 Å². The third kappa shape index (κ3) is 3.57. The number of halogens is 2. The van der Waals surface area contributed by atoms with Crippen molar-refractivity contribution in [2.24, 2.45) is 0 Å². The standard InChI is InChI=1S/C18H10ClFN4O2S/c19-10-1-4-12(5-2-10)24-8-7-14(25)16(23-24)17(26)22-18-21-13-6-3-11(20)9-15(13)27-18/h1-9H,(H,21,22,26). The number of nitrogens with one attached hydrogen (secondary N) is 1. The molecule has 0 saturated heterocycles. The van der Waals surface area contributed by atoms with E-state index in [1.165, 1.54) is 35.1 Å². The van der Waals surface area contributed by atoms with Gasteiger partial charge in [-0.25, -0.2) is 14.1 Å². The Balaban J connectivity index is 1.65. The Labute approximate surface area is 160 Å². The average Bonchev–Trinajstić information content (AvgIpc) is 3.04. The van der Waals surface area contributed by atoms with Crippen LogP contribution in [0.4, 0.5) is 9.52 Å². The number of hydrogen-bond acceptors (Lipinski definition) is 5. The molecule has 0 radical (unpaired) electrons. The third-order valence-corrected chi connectivity index (χ3v) is 4.87. The molecule has 27 heavy (non-hydrogen) atoms. The molecule has 1 N–H and O–H groups in total. The van der Waals surface area contributed by atoms with E-state index in [9.17, 15) is 14.0 Å². The number of hydrogen-bond donors (Lipinski definition) is 1. The number of fused-ring (bicyclic) bond motifs is 1. The van der Waals surface area contributed by atoms with Gasteiger partial charge in [0.05, 0.1) is 15.9 Å². The zero-order valence-corrected chi connectivity index (χ0v) is 15.1. The van der Waals surface area contributed by atoms with Gasteiger partial charge in [0.1, 0.15) is 5.82 Å². The zero-order chi connectivity index (χ0) is 19.0. The van der Waals surface area contributed by atoms with Gasteiger partial charge in [-0.15, -0.1) is 0 Å². The highest BCUT2D eigenvalue weighted by Gasteiger charge is 2.16. The predicted octanol–water partition coefficient (Wildman–Crippen LogP) is 3.89. The Morgan fingerprint density at radius 3 is 2.70 bits per heavy atom. The van der Waals surface area contributed by atoms with Crippen molar-refractivity contribution in [3.05, 3.63) is 81.5 Å². The monoisotopic (exact) mass is 400 g/mol. The second-order valence-electron chi connectivity index (χ2n) is 5.53. The van der Waals surface area contributed by atoms with Gasteiger partial charge in [-0.1, -0.05) is 22.9 Å². The van der Waals surface area contributed by atoms with Crippen LogP contribution in [0, 0.1) is 5.82 Å². The quantitative estimate of drug-likeness (QED) is 0.566. The minimum Gasteiger partial charge on any atom is -0.296 e. The summed E-state index contributed by atoms with van der Waals surface area (Å²) in [6.45, 7) is 0. The molecule has 0 bridgehead atoms. The zero-order valence-electron chi connectivity index (χ0n) is 13.5. The number of carbonyl (C=O) groups is 1. The van der Waals surface area contributed by atoms with E-state index >= 15 is 0 Å². The summed E-state index contributed by atoms with van der Waals surface area (Å²) in [7, 11) is 0. The molecule has 2 heterocycles. The lowest BCUT2D eigenvalue weighted by molar-refractivity contribution is 0.101. The van der Waals surface area contributed by atoms with Gasteiger partial charge in [-0.2, -0.15) is 5.10 Å². The van der Waals surface area contributed by atoms with Crippen molar-refractivity contribution in [2.45, 2.75) is 0 Å². The van der Waals surface area contributed by atoms with Crippen LogP contribution in [-0.2, 0) is 0 Å². The van der Waals surface area contributed by atoms with E-state index in [1.807, 2.05) is 0 Å². The smallest absolute Gasteiger partial charge is 0.281 e. The van der Waals surface area contributed by atoms with E-state index in [-0.39, 0.29) is 16.6 Å². The molecule has 0 aliphatic rings. The van der Waals surface area contributed by atoms with Crippen molar-refractivity contribution in [3.8, 4) is 5.69 Å². The number of thiazole rings is 1. The van der Waals surface area contributed by atoms with E-state index in [2.05, 4.69) is 15.4 Å². The van der Waals surface area contributed by atoms with Gasteiger partial charge in [0, 0.05) is 17.3 Å². The molecule has 0 aliphatic carbocycles. The number of nitrogens with zero attached hydrogens (tertiary/aromatic N) is 3. The summed E-state index contributed by atoms with van der Waals surface area (Å²) >= 11 is 6.97. The van der Waals surface area contributed by atoms with Gasteiger partial charge in [0.15, 0.2) is 10.8 Å². The molecular formula is C18H10ClFN4O2S. The Morgan fingerprint density at radius 2 is 1.93 bits per heavy atom. The van der Waals surface area contributed by atoms with E-state index < -0.39 is 11.3 Å². The second kappa shape index (κ2) is 6.90. The molecule has 0 saturated carbocycles. The summed E-state index contributed by atoms with van der Waals surface area (Å²) in [5.41, 5.74) is 0.392. The summed E-state index contributed by atoms with van der Waals surface area (Å²) in [5, 5.41) is 7.46. The number of benzene rings is 2. The predicted molar refractivity (Wildman–Crippen MR) is 102 cm³/mol. The molecule has 134 valence electrons. The Bertz CT molecular complexity index is 1220. The molecule has 0 unspecified atom stereocenters. The van der Waals surface area contributed by atoms with Crippen LogP contribution in [0.3, 0.4) is 0 Å². The highest BCUT2D eigenvalue weighted by molar-refractivity contribution is 7.22. The summed E-state index contributed by atoms with van der Waals surface area (Å²) in [4.78, 5) is 28.8. The highest BCUT2D eigenvalue weighted by Crippen LogP contribution is 2.26. The number of aromatic nitrogens is 3. The van der Waals surface area contributed by atoms with Crippen LogP contribution in [0.2, 0.25) is 5.02 Å². The van der Waals surface area contributed by atoms with Crippen molar-refractivity contribution in [2.75, 3.05) is 5.32 Å². The molecule has 9 heteroatoms. The first-order valence-electron chi connectivity index (χ1n) is 7.73. The maximum Gasteiger partial charge on any atom is 0.281 e. The second-order valence-corrected chi connectivity index (χ2v) is 7.00. The van der Waals surface area contributed by atoms with Gasteiger partial charge >= 0.3 is 0 Å². The molecule has 1 amide bonds. The van der Waals surface area contributed by atoms with E-state index in [0.29, 0.717) is 20.9 Å². The van der Waals surface area contributed by atoms with Crippen LogP contribution in [0.15, 0.2) is 59.5 Å². The van der Waals surface area contributed by atoms with Crippen LogP contribution in [0.5, 0.6) is 0 Å². The molecule has 2 aromatic carbocycles. The molecule has 0 fully saturated rings. The minimum absolute atomic E-state index is 0.253. The van der Waals surface area contributed by atoms with Gasteiger partial charge < -0.3 is 0 Å². The Hall–Kier alpha value is -3.10. The fraction of sp³-hybridized carbons (Fsp3) is 0. The SMILES string of the molecule is O=C(Nc1nc2ccc(F)cc2s1)c1nn(-c2ccc(Cl)cc2)ccc1=O. The topological polar surface area (TPSA) is 76.9 Å². The van der Waals surface area contributed by atoms with Gasteiger partial charge in [0.2, 0.25) is 5.43 Å². The maximum absolute atomic E-state index is 13.3. The van der Waals surface area contributed by atoms with E-state index in [0.717, 1.165) is 11.3 Å². The third-order valence-electron chi connectivity index (χ3n) is 3.69. The van der Waals surface area contributed by atoms with Crippen LogP contribution < -0.4 is 10.7 Å². The van der Waals surface area contributed by atoms with Gasteiger partial charge in [0.25, 0.3) is 5.91 Å². The molecule has 2 aromatic heterocycles. The van der Waals surface area contributed by atoms with Crippen molar-refractivity contribution < 1.29 is 9.18 Å². The number of amides is 1. The fourth-order valence-corrected chi connectivity index (χ4v) is 3.42. The van der Waals surface area contributed by atoms with Gasteiger partial charge in [-0.3, -0.25) is 14.9 Å². The molecule has 0 spiro atoms. The van der Waals surface area contributed by atoms with Crippen molar-refractivity contribution in [1.29, 1.82) is 0 Å². The maximum atomic E-state index is 13.3. The normalized spacial score (nSPS) is 10.9. The molecule has 0 atom stereocenters. The van der Waals surface area contributed by atoms with Crippen molar-refractivity contribution in [3.63, 3.8) is 0 Å². The molecule has 0 aliphatic heterocycles.